The Morgan fingerprint density at radius 1 is 0.871 bits per heavy atom. The highest BCUT2D eigenvalue weighted by Gasteiger charge is 2.66. The Bertz CT molecular complexity index is 1270. The molecule has 152 valence electrons. The van der Waals surface area contributed by atoms with E-state index in [1.165, 1.54) is 23.1 Å². The van der Waals surface area contributed by atoms with Gasteiger partial charge in [-0.05, 0) is 28.3 Å². The van der Waals surface area contributed by atoms with E-state index in [0.717, 1.165) is 22.3 Å². The number of nitro benzene ring substituents is 1. The molecule has 0 radical (unpaired) electrons. The number of hydrogen-bond acceptors (Lipinski definition) is 4. The van der Waals surface area contributed by atoms with E-state index in [4.69, 9.17) is 0 Å². The summed E-state index contributed by atoms with van der Waals surface area (Å²) in [5.74, 6) is -1.85. The summed E-state index contributed by atoms with van der Waals surface area (Å²) in [6, 6.07) is 21.9. The number of amides is 2. The maximum atomic E-state index is 13.8. The van der Waals surface area contributed by atoms with Crippen molar-refractivity contribution in [2.75, 3.05) is 4.90 Å². The van der Waals surface area contributed by atoms with Gasteiger partial charge >= 0.3 is 0 Å². The minimum atomic E-state index is -0.644. The topological polar surface area (TPSA) is 80.5 Å². The molecule has 2 amide bonds. The van der Waals surface area contributed by atoms with Crippen molar-refractivity contribution in [3.63, 3.8) is 0 Å². The van der Waals surface area contributed by atoms with Gasteiger partial charge in [0.25, 0.3) is 5.69 Å². The van der Waals surface area contributed by atoms with E-state index >= 15 is 0 Å². The SMILES string of the molecule is CC12c3ccccc3C(c3ccccc31)[C@@H]1C(=O)N(c3cccc([N+](=O)[O-])c3)C(=O)[C@@H]12. The van der Waals surface area contributed by atoms with E-state index in [2.05, 4.69) is 31.2 Å². The molecule has 3 aromatic carbocycles. The van der Waals surface area contributed by atoms with Crippen LogP contribution in [0.3, 0.4) is 0 Å². The first kappa shape index (κ1) is 18.0. The van der Waals surface area contributed by atoms with Crippen molar-refractivity contribution in [1.29, 1.82) is 0 Å². The maximum Gasteiger partial charge on any atom is 0.271 e. The lowest BCUT2D eigenvalue weighted by atomic mass is 9.48. The molecule has 1 saturated heterocycles. The summed E-state index contributed by atoms with van der Waals surface area (Å²) in [5, 5.41) is 11.3. The first-order valence-corrected chi connectivity index (χ1v) is 10.3. The predicted octanol–water partition coefficient (Wildman–Crippen LogP) is 4.17. The largest absolute Gasteiger partial charge is 0.274 e. The van der Waals surface area contributed by atoms with Crippen LogP contribution in [0.4, 0.5) is 11.4 Å². The minimum absolute atomic E-state index is 0.145. The number of carbonyl (C=O) groups excluding carboxylic acids is 2. The van der Waals surface area contributed by atoms with Gasteiger partial charge in [0.15, 0.2) is 0 Å². The van der Waals surface area contributed by atoms with Crippen molar-refractivity contribution in [3.8, 4) is 0 Å². The van der Waals surface area contributed by atoms with Crippen LogP contribution in [0.1, 0.15) is 35.1 Å². The average molecular weight is 410 g/mol. The molecule has 6 nitrogen and oxygen atoms in total. The third kappa shape index (κ3) is 2.06. The lowest BCUT2D eigenvalue weighted by Crippen LogP contribution is -2.51. The Hall–Kier alpha value is -3.80. The van der Waals surface area contributed by atoms with E-state index in [9.17, 15) is 19.7 Å². The van der Waals surface area contributed by atoms with Gasteiger partial charge in [0.05, 0.1) is 22.4 Å². The zero-order valence-electron chi connectivity index (χ0n) is 16.7. The number of imide groups is 1. The fourth-order valence-electron chi connectivity index (χ4n) is 6.15. The van der Waals surface area contributed by atoms with Crippen LogP contribution in [-0.4, -0.2) is 16.7 Å². The van der Waals surface area contributed by atoms with E-state index in [1.54, 1.807) is 6.07 Å². The molecule has 1 heterocycles. The molecule has 0 unspecified atom stereocenters. The van der Waals surface area contributed by atoms with Crippen LogP contribution in [0.2, 0.25) is 0 Å². The van der Waals surface area contributed by atoms with Gasteiger partial charge in [0.2, 0.25) is 11.8 Å². The Labute approximate surface area is 178 Å². The average Bonchev–Trinajstić information content (AvgIpc) is 3.06. The highest BCUT2D eigenvalue weighted by atomic mass is 16.6. The van der Waals surface area contributed by atoms with E-state index in [-0.39, 0.29) is 29.1 Å². The van der Waals surface area contributed by atoms with Crippen LogP contribution in [-0.2, 0) is 15.0 Å². The summed E-state index contributed by atoms with van der Waals surface area (Å²) in [4.78, 5) is 39.4. The van der Waals surface area contributed by atoms with Crippen molar-refractivity contribution >= 4 is 23.2 Å². The fraction of sp³-hybridized carbons (Fsp3) is 0.200. The molecule has 0 aromatic heterocycles. The molecule has 1 aliphatic heterocycles. The van der Waals surface area contributed by atoms with Crippen molar-refractivity contribution in [1.82, 2.24) is 0 Å². The smallest absolute Gasteiger partial charge is 0.271 e. The summed E-state index contributed by atoms with van der Waals surface area (Å²) in [6.45, 7) is 2.06. The van der Waals surface area contributed by atoms with Gasteiger partial charge in [-0.3, -0.25) is 19.7 Å². The third-order valence-corrected chi connectivity index (χ3v) is 7.34. The van der Waals surface area contributed by atoms with Crippen LogP contribution in [0.15, 0.2) is 72.8 Å². The summed E-state index contributed by atoms with van der Waals surface area (Å²) in [7, 11) is 0. The summed E-state index contributed by atoms with van der Waals surface area (Å²) < 4.78 is 0. The van der Waals surface area contributed by atoms with Crippen LogP contribution in [0.5, 0.6) is 0 Å². The highest BCUT2D eigenvalue weighted by molar-refractivity contribution is 6.23. The fourth-order valence-corrected chi connectivity index (χ4v) is 6.15. The van der Waals surface area contributed by atoms with Crippen LogP contribution in [0, 0.1) is 22.0 Å². The summed E-state index contributed by atoms with van der Waals surface area (Å²) in [5.41, 5.74) is 3.82. The molecule has 31 heavy (non-hydrogen) atoms. The molecule has 2 bridgehead atoms. The van der Waals surface area contributed by atoms with Gasteiger partial charge in [-0.2, -0.15) is 0 Å². The number of benzene rings is 3. The molecule has 0 N–H and O–H groups in total. The normalized spacial score (nSPS) is 27.6. The molecule has 3 aliphatic carbocycles. The zero-order valence-corrected chi connectivity index (χ0v) is 16.7. The van der Waals surface area contributed by atoms with E-state index < -0.39 is 22.2 Å². The van der Waals surface area contributed by atoms with Gasteiger partial charge < -0.3 is 0 Å². The number of non-ortho nitro benzene ring substituents is 1. The van der Waals surface area contributed by atoms with Crippen molar-refractivity contribution in [3.05, 3.63) is 105 Å². The molecule has 2 atom stereocenters. The molecule has 1 fully saturated rings. The van der Waals surface area contributed by atoms with Gasteiger partial charge in [-0.1, -0.05) is 61.5 Å². The minimum Gasteiger partial charge on any atom is -0.274 e. The van der Waals surface area contributed by atoms with Crippen molar-refractivity contribution in [2.24, 2.45) is 11.8 Å². The number of nitro groups is 1. The second kappa shape index (κ2) is 5.88. The quantitative estimate of drug-likeness (QED) is 0.361. The van der Waals surface area contributed by atoms with Gasteiger partial charge in [0.1, 0.15) is 0 Å². The van der Waals surface area contributed by atoms with Crippen LogP contribution in [0.25, 0.3) is 0 Å². The van der Waals surface area contributed by atoms with E-state index in [1.807, 2.05) is 24.3 Å². The lowest BCUT2D eigenvalue weighted by molar-refractivity contribution is -0.384. The first-order chi connectivity index (χ1) is 14.9. The molecular weight excluding hydrogens is 392 g/mol. The molecule has 4 aliphatic rings. The monoisotopic (exact) mass is 410 g/mol. The number of anilines is 1. The standard InChI is InChI=1S/C25H18N2O4/c1-25-18-11-4-2-9-16(18)20(17-10-3-5-12-19(17)25)21-22(25)24(29)26(23(21)28)14-7-6-8-15(13-14)27(30)31/h2-13,20-22H,1H3/t20?,21-,22+,25?/m0/s1. The van der Waals surface area contributed by atoms with Crippen LogP contribution >= 0.6 is 0 Å². The molecule has 7 rings (SSSR count). The molecular formula is C25H18N2O4. The van der Waals surface area contributed by atoms with Gasteiger partial charge in [-0.15, -0.1) is 0 Å². The first-order valence-electron chi connectivity index (χ1n) is 10.3. The lowest BCUT2D eigenvalue weighted by Gasteiger charge is -2.52. The molecule has 6 heteroatoms. The van der Waals surface area contributed by atoms with Gasteiger partial charge in [0, 0.05) is 23.5 Å². The van der Waals surface area contributed by atoms with Gasteiger partial charge in [-0.25, -0.2) is 4.90 Å². The predicted molar refractivity (Wildman–Crippen MR) is 114 cm³/mol. The number of nitrogens with zero attached hydrogens (tertiary/aromatic N) is 2. The molecule has 0 saturated carbocycles. The number of rotatable bonds is 2. The highest BCUT2D eigenvalue weighted by Crippen LogP contribution is 2.64. The zero-order chi connectivity index (χ0) is 21.5. The number of hydrogen-bond donors (Lipinski definition) is 0. The molecule has 0 spiro atoms. The van der Waals surface area contributed by atoms with E-state index in [0.29, 0.717) is 0 Å². The molecule has 3 aromatic rings. The van der Waals surface area contributed by atoms with Crippen LogP contribution < -0.4 is 4.90 Å². The second-order valence-corrected chi connectivity index (χ2v) is 8.65. The Morgan fingerprint density at radius 2 is 1.48 bits per heavy atom. The second-order valence-electron chi connectivity index (χ2n) is 8.65. The summed E-state index contributed by atoms with van der Waals surface area (Å²) >= 11 is 0. The maximum absolute atomic E-state index is 13.8. The third-order valence-electron chi connectivity index (χ3n) is 7.34. The Kier molecular flexibility index (Phi) is 3.41. The summed E-state index contributed by atoms with van der Waals surface area (Å²) in [6.07, 6.45) is 0. The van der Waals surface area contributed by atoms with Crippen molar-refractivity contribution < 1.29 is 14.5 Å². The number of carbonyl (C=O) groups is 2. The van der Waals surface area contributed by atoms with Crippen molar-refractivity contribution in [2.45, 2.75) is 18.3 Å². The Morgan fingerprint density at radius 3 is 2.10 bits per heavy atom. The Balaban J connectivity index is 1.58.